The van der Waals surface area contributed by atoms with Crippen molar-refractivity contribution in [1.29, 1.82) is 10.5 Å². The van der Waals surface area contributed by atoms with Gasteiger partial charge >= 0.3 is 0 Å². The van der Waals surface area contributed by atoms with Crippen molar-refractivity contribution in [2.45, 2.75) is 39.0 Å². The molecular formula is C20H20N2. The average Bonchev–Trinajstić information content (AvgIpc) is 2.54. The second-order valence-corrected chi connectivity index (χ2v) is 6.03. The van der Waals surface area contributed by atoms with Gasteiger partial charge in [0.15, 0.2) is 0 Å². The van der Waals surface area contributed by atoms with Gasteiger partial charge in [-0.3, -0.25) is 0 Å². The molecule has 2 heteroatoms. The van der Waals surface area contributed by atoms with E-state index in [0.717, 1.165) is 17.5 Å². The summed E-state index contributed by atoms with van der Waals surface area (Å²) in [4.78, 5) is 0. The maximum Gasteiger partial charge on any atom is 0.0994 e. The van der Waals surface area contributed by atoms with E-state index >= 15 is 0 Å². The van der Waals surface area contributed by atoms with Crippen molar-refractivity contribution in [3.8, 4) is 12.1 Å². The maximum atomic E-state index is 9.32. The quantitative estimate of drug-likeness (QED) is 0.803. The zero-order chi connectivity index (χ0) is 16.1. The van der Waals surface area contributed by atoms with Gasteiger partial charge in [0.1, 0.15) is 0 Å². The highest BCUT2D eigenvalue weighted by atomic mass is 14.3. The minimum Gasteiger partial charge on any atom is -0.192 e. The van der Waals surface area contributed by atoms with Crippen molar-refractivity contribution in [3.05, 3.63) is 70.3 Å². The van der Waals surface area contributed by atoms with E-state index in [2.05, 4.69) is 45.0 Å². The van der Waals surface area contributed by atoms with Crippen LogP contribution in [0.3, 0.4) is 0 Å². The van der Waals surface area contributed by atoms with Gasteiger partial charge in [-0.15, -0.1) is 0 Å². The highest BCUT2D eigenvalue weighted by Gasteiger charge is 2.11. The summed E-state index contributed by atoms with van der Waals surface area (Å²) in [5, 5.41) is 18.2. The summed E-state index contributed by atoms with van der Waals surface area (Å²) in [5.74, 6) is 0.712. The molecule has 2 rings (SSSR count). The molecule has 0 amide bonds. The minimum atomic E-state index is 0.351. The Balaban J connectivity index is 2.19. The number of hydrogen-bond donors (Lipinski definition) is 0. The molecule has 2 aromatic carbocycles. The van der Waals surface area contributed by atoms with Crippen molar-refractivity contribution in [2.75, 3.05) is 0 Å². The third-order valence-electron chi connectivity index (χ3n) is 4.01. The first-order valence-electron chi connectivity index (χ1n) is 7.58. The van der Waals surface area contributed by atoms with Crippen LogP contribution in [0.25, 0.3) is 0 Å². The van der Waals surface area contributed by atoms with Crippen LogP contribution in [-0.4, -0.2) is 0 Å². The Bertz CT molecular complexity index is 728. The van der Waals surface area contributed by atoms with Crippen LogP contribution in [0.2, 0.25) is 0 Å². The highest BCUT2D eigenvalue weighted by Crippen LogP contribution is 2.25. The standard InChI is InChI=1S/C20H20N2/c1-14(2)20-9-6-17(11-19(20)13-22)10-15(3)18-7-4-16(12-21)5-8-18/h4-9,11,14-15H,10H2,1-3H3. The van der Waals surface area contributed by atoms with Crippen molar-refractivity contribution < 1.29 is 0 Å². The van der Waals surface area contributed by atoms with Gasteiger partial charge in [-0.25, -0.2) is 0 Å². The van der Waals surface area contributed by atoms with Gasteiger partial charge in [-0.05, 0) is 53.1 Å². The molecule has 0 aliphatic heterocycles. The number of hydrogen-bond acceptors (Lipinski definition) is 2. The molecule has 0 bridgehead atoms. The van der Waals surface area contributed by atoms with Gasteiger partial charge in [-0.1, -0.05) is 45.0 Å². The summed E-state index contributed by atoms with van der Waals surface area (Å²) in [6, 6.07) is 18.4. The fourth-order valence-corrected chi connectivity index (χ4v) is 2.69. The summed E-state index contributed by atoms with van der Waals surface area (Å²) in [6.07, 6.45) is 0.888. The highest BCUT2D eigenvalue weighted by molar-refractivity contribution is 5.43. The van der Waals surface area contributed by atoms with Crippen LogP contribution in [0.5, 0.6) is 0 Å². The number of nitrogens with zero attached hydrogens (tertiary/aromatic N) is 2. The Morgan fingerprint density at radius 3 is 2.14 bits per heavy atom. The zero-order valence-electron chi connectivity index (χ0n) is 13.3. The van der Waals surface area contributed by atoms with Crippen molar-refractivity contribution in [2.24, 2.45) is 0 Å². The van der Waals surface area contributed by atoms with Crippen LogP contribution in [0, 0.1) is 22.7 Å². The lowest BCUT2D eigenvalue weighted by atomic mass is 9.90. The Morgan fingerprint density at radius 1 is 0.909 bits per heavy atom. The normalized spacial score (nSPS) is 11.7. The molecule has 0 aliphatic rings. The predicted octanol–water partition coefficient (Wildman–Crippen LogP) is 4.90. The van der Waals surface area contributed by atoms with E-state index < -0.39 is 0 Å². The average molecular weight is 288 g/mol. The lowest BCUT2D eigenvalue weighted by Gasteiger charge is -2.14. The van der Waals surface area contributed by atoms with Gasteiger partial charge in [0.25, 0.3) is 0 Å². The van der Waals surface area contributed by atoms with Crippen LogP contribution >= 0.6 is 0 Å². The number of nitriles is 2. The number of benzene rings is 2. The molecular weight excluding hydrogens is 268 g/mol. The first kappa shape index (κ1) is 15.8. The summed E-state index contributed by atoms with van der Waals surface area (Å²) >= 11 is 0. The minimum absolute atomic E-state index is 0.351. The Kier molecular flexibility index (Phi) is 4.97. The predicted molar refractivity (Wildman–Crippen MR) is 88.5 cm³/mol. The van der Waals surface area contributed by atoms with Gasteiger partial charge in [0.2, 0.25) is 0 Å². The molecule has 0 aliphatic carbocycles. The van der Waals surface area contributed by atoms with Crippen LogP contribution in [0.4, 0.5) is 0 Å². The topological polar surface area (TPSA) is 47.6 Å². The third-order valence-corrected chi connectivity index (χ3v) is 4.01. The second kappa shape index (κ2) is 6.92. The van der Waals surface area contributed by atoms with Crippen LogP contribution in [0.1, 0.15) is 60.4 Å². The smallest absolute Gasteiger partial charge is 0.0994 e. The van der Waals surface area contributed by atoms with E-state index in [-0.39, 0.29) is 0 Å². The van der Waals surface area contributed by atoms with Crippen LogP contribution in [-0.2, 0) is 6.42 Å². The molecule has 0 radical (unpaired) electrons. The zero-order valence-corrected chi connectivity index (χ0v) is 13.3. The third kappa shape index (κ3) is 3.54. The summed E-state index contributed by atoms with van der Waals surface area (Å²) in [5.41, 5.74) is 4.96. The van der Waals surface area contributed by atoms with Crippen LogP contribution < -0.4 is 0 Å². The second-order valence-electron chi connectivity index (χ2n) is 6.03. The molecule has 1 unspecified atom stereocenters. The largest absolute Gasteiger partial charge is 0.192 e. The fraction of sp³-hybridized carbons (Fsp3) is 0.300. The molecule has 1 atom stereocenters. The molecule has 110 valence electrons. The van der Waals surface area contributed by atoms with Crippen molar-refractivity contribution in [3.63, 3.8) is 0 Å². The van der Waals surface area contributed by atoms with Crippen LogP contribution in [0.15, 0.2) is 42.5 Å². The van der Waals surface area contributed by atoms with E-state index in [1.165, 1.54) is 11.1 Å². The molecule has 22 heavy (non-hydrogen) atoms. The molecule has 0 saturated carbocycles. The van der Waals surface area contributed by atoms with E-state index in [9.17, 15) is 5.26 Å². The van der Waals surface area contributed by atoms with Crippen molar-refractivity contribution in [1.82, 2.24) is 0 Å². The van der Waals surface area contributed by atoms with E-state index in [0.29, 0.717) is 17.4 Å². The van der Waals surface area contributed by atoms with Gasteiger partial charge in [0.05, 0.1) is 23.3 Å². The lowest BCUT2D eigenvalue weighted by molar-refractivity contribution is 0.757. The van der Waals surface area contributed by atoms with Crippen molar-refractivity contribution >= 4 is 0 Å². The molecule has 0 spiro atoms. The van der Waals surface area contributed by atoms with E-state index in [1.807, 2.05) is 30.3 Å². The summed E-state index contributed by atoms with van der Waals surface area (Å²) in [7, 11) is 0. The fourth-order valence-electron chi connectivity index (χ4n) is 2.69. The molecule has 0 aromatic heterocycles. The monoisotopic (exact) mass is 288 g/mol. The van der Waals surface area contributed by atoms with Gasteiger partial charge in [0, 0.05) is 0 Å². The Labute approximate surface area is 132 Å². The molecule has 2 nitrogen and oxygen atoms in total. The molecule has 0 N–H and O–H groups in total. The maximum absolute atomic E-state index is 9.32. The summed E-state index contributed by atoms with van der Waals surface area (Å²) in [6.45, 7) is 6.38. The van der Waals surface area contributed by atoms with Gasteiger partial charge in [-0.2, -0.15) is 10.5 Å². The van der Waals surface area contributed by atoms with Gasteiger partial charge < -0.3 is 0 Å². The molecule has 0 heterocycles. The number of rotatable bonds is 4. The first-order chi connectivity index (χ1) is 10.5. The molecule has 0 fully saturated rings. The Hall–Kier alpha value is -2.58. The summed E-state index contributed by atoms with van der Waals surface area (Å²) < 4.78 is 0. The van der Waals surface area contributed by atoms with E-state index in [4.69, 9.17) is 5.26 Å². The molecule has 0 saturated heterocycles. The molecule has 2 aromatic rings. The first-order valence-corrected chi connectivity index (χ1v) is 7.58. The SMILES string of the molecule is CC(C)c1ccc(CC(C)c2ccc(C#N)cc2)cc1C#N. The van der Waals surface area contributed by atoms with E-state index in [1.54, 1.807) is 0 Å². The lowest BCUT2D eigenvalue weighted by Crippen LogP contribution is -2.01. The Morgan fingerprint density at radius 2 is 1.59 bits per heavy atom.